The lowest BCUT2D eigenvalue weighted by Crippen LogP contribution is -2.07. The van der Waals surface area contributed by atoms with Crippen molar-refractivity contribution in [1.82, 2.24) is 9.78 Å². The third kappa shape index (κ3) is 1.56. The van der Waals surface area contributed by atoms with Crippen LogP contribution < -0.4 is 0 Å². The number of hydrogen-bond donors (Lipinski definition) is 1. The van der Waals surface area contributed by atoms with Gasteiger partial charge in [-0.1, -0.05) is 25.1 Å². The summed E-state index contributed by atoms with van der Waals surface area (Å²) in [5.41, 5.74) is 1.02. The molecule has 0 spiro atoms. The minimum Gasteiger partial charge on any atom is -0.476 e. The summed E-state index contributed by atoms with van der Waals surface area (Å²) >= 11 is 0. The number of fused-ring (bicyclic) bond motifs is 1. The molecule has 2 aromatic rings. The summed E-state index contributed by atoms with van der Waals surface area (Å²) in [5.74, 6) is -0.974. The summed E-state index contributed by atoms with van der Waals surface area (Å²) < 4.78 is 1.79. The Labute approximate surface area is 93.5 Å². The monoisotopic (exact) mass is 218 g/mol. The summed E-state index contributed by atoms with van der Waals surface area (Å²) in [5, 5.41) is 14.0. The molecular weight excluding hydrogens is 204 g/mol. The van der Waals surface area contributed by atoms with E-state index in [9.17, 15) is 4.79 Å². The Balaban J connectivity index is 2.71. The van der Waals surface area contributed by atoms with Crippen molar-refractivity contribution < 1.29 is 9.90 Å². The van der Waals surface area contributed by atoms with E-state index < -0.39 is 5.97 Å². The molecule has 16 heavy (non-hydrogen) atoms. The Kier molecular flexibility index (Phi) is 2.64. The molecule has 0 unspecified atom stereocenters. The van der Waals surface area contributed by atoms with Crippen LogP contribution in [0.15, 0.2) is 24.3 Å². The number of nitrogens with zero attached hydrogens (tertiary/aromatic N) is 2. The van der Waals surface area contributed by atoms with Crippen LogP contribution in [0.1, 0.15) is 36.8 Å². The van der Waals surface area contributed by atoms with Crippen molar-refractivity contribution in [3.8, 4) is 0 Å². The first-order chi connectivity index (χ1) is 7.65. The molecule has 1 N–H and O–H groups in total. The fourth-order valence-corrected chi connectivity index (χ4v) is 1.76. The first-order valence-electron chi connectivity index (χ1n) is 5.35. The number of hydrogen-bond acceptors (Lipinski definition) is 2. The molecule has 1 aromatic carbocycles. The maximum absolute atomic E-state index is 11.1. The van der Waals surface area contributed by atoms with Gasteiger partial charge in [0.15, 0.2) is 5.69 Å². The predicted molar refractivity (Wildman–Crippen MR) is 61.7 cm³/mol. The van der Waals surface area contributed by atoms with Crippen LogP contribution in [0, 0.1) is 0 Å². The van der Waals surface area contributed by atoms with Crippen LogP contribution in [0.4, 0.5) is 0 Å². The summed E-state index contributed by atoms with van der Waals surface area (Å²) in [6.45, 7) is 4.09. The third-order valence-electron chi connectivity index (χ3n) is 2.82. The van der Waals surface area contributed by atoms with Gasteiger partial charge in [0.05, 0.1) is 5.52 Å². The Morgan fingerprint density at radius 3 is 2.81 bits per heavy atom. The van der Waals surface area contributed by atoms with Crippen molar-refractivity contribution in [2.24, 2.45) is 0 Å². The van der Waals surface area contributed by atoms with Gasteiger partial charge in [0.1, 0.15) is 0 Å². The first kappa shape index (κ1) is 10.7. The highest BCUT2D eigenvalue weighted by molar-refractivity contribution is 6.01. The SMILES string of the molecule is CC[C@H](C)n1nc(C(=O)O)c2ccccc21. The molecule has 0 amide bonds. The summed E-state index contributed by atoms with van der Waals surface area (Å²) in [7, 11) is 0. The molecule has 1 atom stereocenters. The topological polar surface area (TPSA) is 55.1 Å². The molecule has 0 saturated heterocycles. The van der Waals surface area contributed by atoms with Gasteiger partial charge in [0.2, 0.25) is 0 Å². The van der Waals surface area contributed by atoms with Gasteiger partial charge in [-0.2, -0.15) is 5.10 Å². The van der Waals surface area contributed by atoms with Crippen molar-refractivity contribution in [3.05, 3.63) is 30.0 Å². The van der Waals surface area contributed by atoms with Crippen molar-refractivity contribution in [1.29, 1.82) is 0 Å². The van der Waals surface area contributed by atoms with E-state index in [2.05, 4.69) is 12.0 Å². The van der Waals surface area contributed by atoms with Gasteiger partial charge in [-0.15, -0.1) is 0 Å². The van der Waals surface area contributed by atoms with E-state index in [1.165, 1.54) is 0 Å². The summed E-state index contributed by atoms with van der Waals surface area (Å²) in [6, 6.07) is 7.63. The molecule has 0 fully saturated rings. The van der Waals surface area contributed by atoms with Crippen LogP contribution in [0.25, 0.3) is 10.9 Å². The van der Waals surface area contributed by atoms with Crippen LogP contribution in [0.5, 0.6) is 0 Å². The van der Waals surface area contributed by atoms with E-state index in [0.717, 1.165) is 11.9 Å². The van der Waals surface area contributed by atoms with Crippen LogP contribution in [0.3, 0.4) is 0 Å². The van der Waals surface area contributed by atoms with Crippen molar-refractivity contribution in [2.75, 3.05) is 0 Å². The van der Waals surface area contributed by atoms with Gasteiger partial charge >= 0.3 is 5.97 Å². The van der Waals surface area contributed by atoms with Gasteiger partial charge in [0.25, 0.3) is 0 Å². The van der Waals surface area contributed by atoms with Crippen LogP contribution in [-0.2, 0) is 0 Å². The zero-order chi connectivity index (χ0) is 11.7. The standard InChI is InChI=1S/C12H14N2O2/c1-3-8(2)14-10-7-5-4-6-9(10)11(13-14)12(15)16/h4-8H,3H2,1-2H3,(H,15,16)/t8-/m0/s1. The lowest BCUT2D eigenvalue weighted by molar-refractivity contribution is 0.0691. The molecule has 0 aliphatic heterocycles. The Bertz CT molecular complexity index is 531. The normalized spacial score (nSPS) is 12.9. The van der Waals surface area contributed by atoms with E-state index in [4.69, 9.17) is 5.11 Å². The number of para-hydroxylation sites is 1. The highest BCUT2D eigenvalue weighted by Gasteiger charge is 2.17. The highest BCUT2D eigenvalue weighted by Crippen LogP contribution is 2.22. The van der Waals surface area contributed by atoms with Crippen LogP contribution >= 0.6 is 0 Å². The average Bonchev–Trinajstić information content (AvgIpc) is 2.67. The fourth-order valence-electron chi connectivity index (χ4n) is 1.76. The Hall–Kier alpha value is -1.84. The van der Waals surface area contributed by atoms with Gasteiger partial charge in [-0.05, 0) is 19.4 Å². The molecule has 0 aliphatic rings. The minimum absolute atomic E-state index is 0.135. The second-order valence-electron chi connectivity index (χ2n) is 3.87. The minimum atomic E-state index is -0.974. The number of carbonyl (C=O) groups is 1. The summed E-state index contributed by atoms with van der Waals surface area (Å²) in [4.78, 5) is 11.1. The highest BCUT2D eigenvalue weighted by atomic mass is 16.4. The number of carboxylic acids is 1. The van der Waals surface area contributed by atoms with Gasteiger partial charge in [0, 0.05) is 11.4 Å². The van der Waals surface area contributed by atoms with E-state index in [1.807, 2.05) is 25.1 Å². The van der Waals surface area contributed by atoms with E-state index in [0.29, 0.717) is 5.39 Å². The van der Waals surface area contributed by atoms with Crippen LogP contribution in [0.2, 0.25) is 0 Å². The lowest BCUT2D eigenvalue weighted by Gasteiger charge is -2.09. The van der Waals surface area contributed by atoms with Crippen molar-refractivity contribution in [3.63, 3.8) is 0 Å². The van der Waals surface area contributed by atoms with Crippen LogP contribution in [-0.4, -0.2) is 20.9 Å². The lowest BCUT2D eigenvalue weighted by atomic mass is 10.2. The van der Waals surface area contributed by atoms with E-state index >= 15 is 0 Å². The van der Waals surface area contributed by atoms with Gasteiger partial charge < -0.3 is 5.11 Å². The molecule has 84 valence electrons. The van der Waals surface area contributed by atoms with E-state index in [-0.39, 0.29) is 11.7 Å². The number of benzene rings is 1. The smallest absolute Gasteiger partial charge is 0.357 e. The average molecular weight is 218 g/mol. The molecule has 0 aliphatic carbocycles. The molecule has 0 bridgehead atoms. The number of rotatable bonds is 3. The maximum Gasteiger partial charge on any atom is 0.357 e. The Morgan fingerprint density at radius 1 is 1.50 bits per heavy atom. The number of aromatic nitrogens is 2. The predicted octanol–water partition coefficient (Wildman–Crippen LogP) is 2.71. The maximum atomic E-state index is 11.1. The van der Waals surface area contributed by atoms with Gasteiger partial charge in [-0.3, -0.25) is 4.68 Å². The van der Waals surface area contributed by atoms with E-state index in [1.54, 1.807) is 10.7 Å². The number of carboxylic acid groups (broad SMARTS) is 1. The molecule has 2 rings (SSSR count). The second kappa shape index (κ2) is 3.96. The molecule has 1 aromatic heterocycles. The third-order valence-corrected chi connectivity index (χ3v) is 2.82. The molecule has 0 radical (unpaired) electrons. The number of aromatic carboxylic acids is 1. The van der Waals surface area contributed by atoms with Crippen molar-refractivity contribution >= 4 is 16.9 Å². The zero-order valence-electron chi connectivity index (χ0n) is 9.34. The first-order valence-corrected chi connectivity index (χ1v) is 5.35. The molecule has 4 heteroatoms. The Morgan fingerprint density at radius 2 is 2.19 bits per heavy atom. The second-order valence-corrected chi connectivity index (χ2v) is 3.87. The zero-order valence-corrected chi connectivity index (χ0v) is 9.34. The summed E-state index contributed by atoms with van der Waals surface area (Å²) in [6.07, 6.45) is 0.921. The molecular formula is C12H14N2O2. The quantitative estimate of drug-likeness (QED) is 0.861. The van der Waals surface area contributed by atoms with Gasteiger partial charge in [-0.25, -0.2) is 4.79 Å². The fraction of sp³-hybridized carbons (Fsp3) is 0.333. The van der Waals surface area contributed by atoms with Crippen molar-refractivity contribution in [2.45, 2.75) is 26.3 Å². The largest absolute Gasteiger partial charge is 0.476 e. The molecule has 4 nitrogen and oxygen atoms in total. The molecule has 0 saturated carbocycles. The molecule has 1 heterocycles.